The SMILES string of the molecule is CN1C(=O)/C(=C\c2ccccn2)Oc2ccc(-c3csc(N)n3)cc21. The highest BCUT2D eigenvalue weighted by Gasteiger charge is 2.28. The van der Waals surface area contributed by atoms with E-state index < -0.39 is 0 Å². The summed E-state index contributed by atoms with van der Waals surface area (Å²) in [5, 5.41) is 2.39. The summed E-state index contributed by atoms with van der Waals surface area (Å²) >= 11 is 1.38. The molecular weight excluding hydrogens is 336 g/mol. The number of benzene rings is 1. The standard InChI is InChI=1S/C18H14N4O2S/c1-22-14-8-11(13-10-25-18(19)21-13)5-6-15(14)24-16(17(22)23)9-12-4-2-3-7-20-12/h2-10H,1H3,(H2,19,21)/b16-9+. The van der Waals surface area contributed by atoms with Crippen molar-refractivity contribution in [3.05, 3.63) is 59.4 Å². The van der Waals surface area contributed by atoms with Crippen LogP contribution in [0.5, 0.6) is 5.75 Å². The van der Waals surface area contributed by atoms with Crippen LogP contribution in [0.15, 0.2) is 53.7 Å². The van der Waals surface area contributed by atoms with Crippen molar-refractivity contribution < 1.29 is 9.53 Å². The normalized spacial score (nSPS) is 15.2. The molecule has 7 heteroatoms. The molecule has 0 spiro atoms. The maximum Gasteiger partial charge on any atom is 0.293 e. The van der Waals surface area contributed by atoms with E-state index in [-0.39, 0.29) is 11.7 Å². The van der Waals surface area contributed by atoms with Gasteiger partial charge in [-0.3, -0.25) is 9.78 Å². The second kappa shape index (κ2) is 6.03. The molecule has 0 saturated heterocycles. The van der Waals surface area contributed by atoms with Gasteiger partial charge in [-0.25, -0.2) is 4.98 Å². The average Bonchev–Trinajstić information content (AvgIpc) is 3.06. The lowest BCUT2D eigenvalue weighted by atomic mass is 10.1. The van der Waals surface area contributed by atoms with Crippen LogP contribution in [-0.2, 0) is 4.79 Å². The quantitative estimate of drug-likeness (QED) is 0.718. The zero-order valence-electron chi connectivity index (χ0n) is 13.3. The van der Waals surface area contributed by atoms with E-state index in [1.807, 2.05) is 41.8 Å². The Balaban J connectivity index is 1.72. The monoisotopic (exact) mass is 350 g/mol. The Morgan fingerprint density at radius 3 is 2.88 bits per heavy atom. The van der Waals surface area contributed by atoms with Gasteiger partial charge in [0.2, 0.25) is 0 Å². The minimum absolute atomic E-state index is 0.229. The van der Waals surface area contributed by atoms with Gasteiger partial charge in [0, 0.05) is 30.3 Å². The summed E-state index contributed by atoms with van der Waals surface area (Å²) in [6.45, 7) is 0. The number of amides is 1. The van der Waals surface area contributed by atoms with Crippen molar-refractivity contribution in [1.82, 2.24) is 9.97 Å². The highest BCUT2D eigenvalue weighted by atomic mass is 32.1. The van der Waals surface area contributed by atoms with Crippen molar-refractivity contribution in [2.75, 3.05) is 17.7 Å². The molecule has 0 atom stereocenters. The lowest BCUT2D eigenvalue weighted by Gasteiger charge is -2.27. The van der Waals surface area contributed by atoms with Gasteiger partial charge in [0.05, 0.1) is 17.1 Å². The third-order valence-corrected chi connectivity index (χ3v) is 4.51. The summed E-state index contributed by atoms with van der Waals surface area (Å²) in [4.78, 5) is 22.7. The lowest BCUT2D eigenvalue weighted by Crippen LogP contribution is -2.33. The molecule has 0 bridgehead atoms. The number of thiazole rings is 1. The molecule has 3 aromatic rings. The number of carbonyl (C=O) groups excluding carboxylic acids is 1. The second-order valence-electron chi connectivity index (χ2n) is 5.48. The topological polar surface area (TPSA) is 81.3 Å². The van der Waals surface area contributed by atoms with Crippen LogP contribution in [-0.4, -0.2) is 22.9 Å². The van der Waals surface area contributed by atoms with E-state index in [4.69, 9.17) is 10.5 Å². The number of hydrogen-bond donors (Lipinski definition) is 1. The Morgan fingerprint density at radius 2 is 2.16 bits per heavy atom. The van der Waals surface area contributed by atoms with Crippen molar-refractivity contribution in [3.63, 3.8) is 0 Å². The zero-order valence-corrected chi connectivity index (χ0v) is 14.2. The molecule has 1 aliphatic heterocycles. The molecule has 0 aliphatic carbocycles. The highest BCUT2D eigenvalue weighted by molar-refractivity contribution is 7.13. The Kier molecular flexibility index (Phi) is 3.70. The van der Waals surface area contributed by atoms with E-state index in [2.05, 4.69) is 9.97 Å². The van der Waals surface area contributed by atoms with Crippen LogP contribution in [0.25, 0.3) is 17.3 Å². The van der Waals surface area contributed by atoms with Crippen LogP contribution in [0, 0.1) is 0 Å². The molecule has 25 heavy (non-hydrogen) atoms. The first-order valence-electron chi connectivity index (χ1n) is 7.56. The molecule has 1 amide bonds. The molecule has 2 N–H and O–H groups in total. The summed E-state index contributed by atoms with van der Waals surface area (Å²) < 4.78 is 5.80. The number of likely N-dealkylation sites (N-methyl/N-ethyl adjacent to an activating group) is 1. The second-order valence-corrected chi connectivity index (χ2v) is 6.37. The molecule has 124 valence electrons. The van der Waals surface area contributed by atoms with Crippen LogP contribution in [0.2, 0.25) is 0 Å². The van der Waals surface area contributed by atoms with Crippen LogP contribution >= 0.6 is 11.3 Å². The highest BCUT2D eigenvalue weighted by Crippen LogP contribution is 2.38. The van der Waals surface area contributed by atoms with E-state index in [1.165, 1.54) is 11.3 Å². The summed E-state index contributed by atoms with van der Waals surface area (Å²) in [5.74, 6) is 0.615. The first kappa shape index (κ1) is 15.3. The molecule has 0 radical (unpaired) electrons. The molecule has 0 saturated carbocycles. The fraction of sp³-hybridized carbons (Fsp3) is 0.0556. The number of nitrogen functional groups attached to an aromatic ring is 1. The van der Waals surface area contributed by atoms with Crippen molar-refractivity contribution in [2.45, 2.75) is 0 Å². The molecule has 1 aliphatic rings. The van der Waals surface area contributed by atoms with Gasteiger partial charge >= 0.3 is 0 Å². The molecule has 1 aromatic carbocycles. The number of nitrogens with zero attached hydrogens (tertiary/aromatic N) is 3. The van der Waals surface area contributed by atoms with Gasteiger partial charge in [0.25, 0.3) is 5.91 Å². The van der Waals surface area contributed by atoms with Gasteiger partial charge in [-0.1, -0.05) is 6.07 Å². The van der Waals surface area contributed by atoms with Crippen molar-refractivity contribution in [2.24, 2.45) is 0 Å². The fourth-order valence-electron chi connectivity index (χ4n) is 2.57. The molecular formula is C18H14N4O2S. The van der Waals surface area contributed by atoms with Crippen LogP contribution in [0.1, 0.15) is 5.69 Å². The third-order valence-electron chi connectivity index (χ3n) is 3.84. The number of pyridine rings is 1. The number of fused-ring (bicyclic) bond motifs is 1. The van der Waals surface area contributed by atoms with Gasteiger partial charge in [-0.15, -0.1) is 11.3 Å². The van der Waals surface area contributed by atoms with E-state index in [9.17, 15) is 4.79 Å². The van der Waals surface area contributed by atoms with Crippen molar-refractivity contribution in [3.8, 4) is 17.0 Å². The van der Waals surface area contributed by atoms with Crippen molar-refractivity contribution in [1.29, 1.82) is 0 Å². The number of hydrogen-bond acceptors (Lipinski definition) is 6. The fourth-order valence-corrected chi connectivity index (χ4v) is 3.14. The largest absolute Gasteiger partial charge is 0.449 e. The molecule has 0 unspecified atom stereocenters. The van der Waals surface area contributed by atoms with Crippen LogP contribution < -0.4 is 15.4 Å². The Labute approximate surface area is 148 Å². The van der Waals surface area contributed by atoms with Gasteiger partial charge < -0.3 is 15.4 Å². The first-order chi connectivity index (χ1) is 12.1. The minimum Gasteiger partial charge on any atom is -0.449 e. The first-order valence-corrected chi connectivity index (χ1v) is 8.44. The van der Waals surface area contributed by atoms with Gasteiger partial charge in [0.1, 0.15) is 0 Å². The predicted octanol–water partition coefficient (Wildman–Crippen LogP) is 3.18. The maximum absolute atomic E-state index is 12.6. The smallest absolute Gasteiger partial charge is 0.293 e. The number of nitrogens with two attached hydrogens (primary N) is 1. The summed E-state index contributed by atoms with van der Waals surface area (Å²) in [6.07, 6.45) is 3.31. The average molecular weight is 350 g/mol. The van der Waals surface area contributed by atoms with Gasteiger partial charge in [-0.2, -0.15) is 0 Å². The van der Waals surface area contributed by atoms with E-state index in [1.54, 1.807) is 24.2 Å². The van der Waals surface area contributed by atoms with E-state index in [0.717, 1.165) is 11.3 Å². The predicted molar refractivity (Wildman–Crippen MR) is 98.2 cm³/mol. The summed E-state index contributed by atoms with van der Waals surface area (Å²) in [7, 11) is 1.72. The van der Waals surface area contributed by atoms with Crippen LogP contribution in [0.3, 0.4) is 0 Å². The Morgan fingerprint density at radius 1 is 1.28 bits per heavy atom. The number of carbonyl (C=O) groups is 1. The molecule has 2 aromatic heterocycles. The lowest BCUT2D eigenvalue weighted by molar-refractivity contribution is -0.117. The summed E-state index contributed by atoms with van der Waals surface area (Å²) in [6, 6.07) is 11.1. The molecule has 6 nitrogen and oxygen atoms in total. The maximum atomic E-state index is 12.6. The van der Waals surface area contributed by atoms with E-state index >= 15 is 0 Å². The Hall–Kier alpha value is -3.19. The van der Waals surface area contributed by atoms with E-state index in [0.29, 0.717) is 22.3 Å². The minimum atomic E-state index is -0.229. The number of ether oxygens (including phenoxy) is 1. The molecule has 0 fully saturated rings. The van der Waals surface area contributed by atoms with Gasteiger partial charge in [-0.05, 0) is 30.3 Å². The molecule has 3 heterocycles. The summed E-state index contributed by atoms with van der Waals surface area (Å²) in [5.41, 5.74) is 8.71. The molecule has 4 rings (SSSR count). The Bertz CT molecular complexity index is 982. The van der Waals surface area contributed by atoms with Crippen LogP contribution in [0.4, 0.5) is 10.8 Å². The van der Waals surface area contributed by atoms with Gasteiger partial charge in [0.15, 0.2) is 16.6 Å². The number of rotatable bonds is 2. The van der Waals surface area contributed by atoms with Crippen molar-refractivity contribution >= 4 is 34.1 Å². The zero-order chi connectivity index (χ0) is 17.4. The number of anilines is 2. The third kappa shape index (κ3) is 2.85. The number of aromatic nitrogens is 2.